The molecule has 3 heterocycles. The van der Waals surface area contributed by atoms with Crippen LogP contribution in [0.25, 0.3) is 0 Å². The Balaban J connectivity index is 1.71. The molecule has 3 rings (SSSR count). The molecule has 1 saturated heterocycles. The number of thiophene rings is 1. The number of ether oxygens (including phenoxy) is 2. The van der Waals surface area contributed by atoms with Gasteiger partial charge in [-0.05, 0) is 35.2 Å². The molecule has 1 aliphatic heterocycles. The summed E-state index contributed by atoms with van der Waals surface area (Å²) in [6.07, 6.45) is 2.87. The van der Waals surface area contributed by atoms with Gasteiger partial charge in [-0.3, -0.25) is 4.90 Å². The molecule has 1 N–H and O–H groups in total. The lowest BCUT2D eigenvalue weighted by Crippen LogP contribution is -2.42. The molecule has 0 spiro atoms. The van der Waals surface area contributed by atoms with Crippen molar-refractivity contribution in [3.05, 3.63) is 34.2 Å². The highest BCUT2D eigenvalue weighted by Crippen LogP contribution is 2.37. The van der Waals surface area contributed by atoms with Crippen LogP contribution in [0.5, 0.6) is 11.9 Å². The summed E-state index contributed by atoms with van der Waals surface area (Å²) in [5.41, 5.74) is 1.00. The van der Waals surface area contributed by atoms with Crippen LogP contribution in [0.2, 0.25) is 0 Å². The number of nitrogens with zero attached hydrogens (tertiary/aromatic N) is 3. The largest absolute Gasteiger partial charge is 0.481 e. The van der Waals surface area contributed by atoms with Crippen molar-refractivity contribution >= 4 is 11.3 Å². The summed E-state index contributed by atoms with van der Waals surface area (Å²) < 4.78 is 10.3. The first-order valence-electron chi connectivity index (χ1n) is 7.56. The van der Waals surface area contributed by atoms with Crippen molar-refractivity contribution in [3.63, 3.8) is 0 Å². The summed E-state index contributed by atoms with van der Waals surface area (Å²) in [7, 11) is 3.05. The van der Waals surface area contributed by atoms with Gasteiger partial charge in [0, 0.05) is 25.8 Å². The summed E-state index contributed by atoms with van der Waals surface area (Å²) in [4.78, 5) is 10.7. The highest BCUT2D eigenvalue weighted by atomic mass is 32.1. The summed E-state index contributed by atoms with van der Waals surface area (Å²) in [5.74, 6) is 0.380. The lowest BCUT2D eigenvalue weighted by molar-refractivity contribution is -0.0300. The second-order valence-corrected chi connectivity index (χ2v) is 6.50. The van der Waals surface area contributed by atoms with Gasteiger partial charge in [0.15, 0.2) is 0 Å². The summed E-state index contributed by atoms with van der Waals surface area (Å²) >= 11 is 1.71. The smallest absolute Gasteiger partial charge is 0.319 e. The van der Waals surface area contributed by atoms with Gasteiger partial charge in [0.25, 0.3) is 0 Å². The fraction of sp³-hybridized carbons (Fsp3) is 0.500. The monoisotopic (exact) mass is 335 g/mol. The Kier molecular flexibility index (Phi) is 4.79. The van der Waals surface area contributed by atoms with Crippen LogP contribution in [0, 0.1) is 0 Å². The average molecular weight is 335 g/mol. The maximum absolute atomic E-state index is 11.0. The van der Waals surface area contributed by atoms with E-state index in [4.69, 9.17) is 9.47 Å². The zero-order valence-corrected chi connectivity index (χ0v) is 14.2. The van der Waals surface area contributed by atoms with Crippen molar-refractivity contribution in [1.82, 2.24) is 14.9 Å². The third kappa shape index (κ3) is 3.46. The molecule has 2 aromatic heterocycles. The molecule has 0 amide bonds. The summed E-state index contributed by atoms with van der Waals surface area (Å²) in [5, 5.41) is 15.3. The first-order chi connectivity index (χ1) is 11.1. The molecule has 0 radical (unpaired) electrons. The molecule has 0 saturated carbocycles. The fourth-order valence-electron chi connectivity index (χ4n) is 2.92. The highest BCUT2D eigenvalue weighted by Gasteiger charge is 2.37. The normalized spacial score (nSPS) is 17.9. The van der Waals surface area contributed by atoms with E-state index in [1.807, 2.05) is 0 Å². The molecule has 1 fully saturated rings. The van der Waals surface area contributed by atoms with E-state index in [9.17, 15) is 5.11 Å². The van der Waals surface area contributed by atoms with Gasteiger partial charge in [0.2, 0.25) is 5.88 Å². The third-order valence-electron chi connectivity index (χ3n) is 4.28. The van der Waals surface area contributed by atoms with Crippen molar-refractivity contribution in [1.29, 1.82) is 0 Å². The Labute approximate surface area is 139 Å². The van der Waals surface area contributed by atoms with Crippen LogP contribution >= 0.6 is 11.3 Å². The van der Waals surface area contributed by atoms with Crippen molar-refractivity contribution < 1.29 is 14.6 Å². The maximum atomic E-state index is 11.0. The summed E-state index contributed by atoms with van der Waals surface area (Å²) in [6, 6.07) is 2.38. The number of methoxy groups -OCH3 is 2. The number of hydrogen-bond acceptors (Lipinski definition) is 7. The van der Waals surface area contributed by atoms with Crippen LogP contribution in [0.3, 0.4) is 0 Å². The molecule has 0 unspecified atom stereocenters. The van der Waals surface area contributed by atoms with Gasteiger partial charge in [-0.1, -0.05) is 0 Å². The number of piperidine rings is 1. The van der Waals surface area contributed by atoms with Gasteiger partial charge in [0.1, 0.15) is 0 Å². The average Bonchev–Trinajstić information content (AvgIpc) is 3.09. The van der Waals surface area contributed by atoms with Gasteiger partial charge in [-0.25, -0.2) is 4.98 Å². The van der Waals surface area contributed by atoms with E-state index in [2.05, 4.69) is 31.7 Å². The van der Waals surface area contributed by atoms with E-state index in [0.29, 0.717) is 24.3 Å². The highest BCUT2D eigenvalue weighted by molar-refractivity contribution is 7.07. The molecular weight excluding hydrogens is 314 g/mol. The zero-order chi connectivity index (χ0) is 16.3. The number of hydrogen-bond donors (Lipinski definition) is 1. The SMILES string of the molecule is COc1ncc(C2(O)CCN(Cc3ccsc3)CC2)c(OC)n1. The van der Waals surface area contributed by atoms with E-state index in [1.165, 1.54) is 12.7 Å². The minimum Gasteiger partial charge on any atom is -0.481 e. The second-order valence-electron chi connectivity index (χ2n) is 5.72. The van der Waals surface area contributed by atoms with Gasteiger partial charge in [-0.2, -0.15) is 16.3 Å². The number of aliphatic hydroxyl groups is 1. The quantitative estimate of drug-likeness (QED) is 0.902. The van der Waals surface area contributed by atoms with Crippen molar-refractivity contribution in [2.45, 2.75) is 25.0 Å². The first kappa shape index (κ1) is 16.2. The van der Waals surface area contributed by atoms with Gasteiger partial charge in [0.05, 0.1) is 25.4 Å². The van der Waals surface area contributed by atoms with E-state index in [-0.39, 0.29) is 6.01 Å². The Morgan fingerprint density at radius 1 is 1.30 bits per heavy atom. The van der Waals surface area contributed by atoms with Gasteiger partial charge < -0.3 is 14.6 Å². The van der Waals surface area contributed by atoms with Crippen LogP contribution in [0.15, 0.2) is 23.0 Å². The lowest BCUT2D eigenvalue weighted by Gasteiger charge is -2.38. The van der Waals surface area contributed by atoms with Crippen molar-refractivity contribution in [3.8, 4) is 11.9 Å². The molecule has 124 valence electrons. The Bertz CT molecular complexity index is 640. The molecule has 0 aliphatic carbocycles. The van der Waals surface area contributed by atoms with Crippen LogP contribution in [-0.2, 0) is 12.1 Å². The molecule has 1 aliphatic rings. The minimum atomic E-state index is -0.956. The Morgan fingerprint density at radius 2 is 2.09 bits per heavy atom. The Hall–Kier alpha value is -1.70. The topological polar surface area (TPSA) is 67.7 Å². The number of likely N-dealkylation sites (tertiary alicyclic amines) is 1. The molecule has 2 aromatic rings. The van der Waals surface area contributed by atoms with Crippen molar-refractivity contribution in [2.24, 2.45) is 0 Å². The predicted octanol–water partition coefficient (Wildman–Crippen LogP) is 2.04. The third-order valence-corrected chi connectivity index (χ3v) is 5.01. The molecule has 0 bridgehead atoms. The molecule has 23 heavy (non-hydrogen) atoms. The fourth-order valence-corrected chi connectivity index (χ4v) is 3.58. The van der Waals surface area contributed by atoms with Crippen LogP contribution in [-0.4, -0.2) is 47.3 Å². The number of aromatic nitrogens is 2. The van der Waals surface area contributed by atoms with Crippen molar-refractivity contribution in [2.75, 3.05) is 27.3 Å². The second kappa shape index (κ2) is 6.82. The molecule has 6 nitrogen and oxygen atoms in total. The van der Waals surface area contributed by atoms with E-state index >= 15 is 0 Å². The van der Waals surface area contributed by atoms with Crippen LogP contribution in [0.1, 0.15) is 24.0 Å². The summed E-state index contributed by atoms with van der Waals surface area (Å²) in [6.45, 7) is 2.57. The molecule has 0 aromatic carbocycles. The molecular formula is C16H21N3O3S. The Morgan fingerprint density at radius 3 is 2.70 bits per heavy atom. The minimum absolute atomic E-state index is 0.240. The molecule has 0 atom stereocenters. The zero-order valence-electron chi connectivity index (χ0n) is 13.4. The first-order valence-corrected chi connectivity index (χ1v) is 8.50. The molecule has 7 heteroatoms. The van der Waals surface area contributed by atoms with E-state index < -0.39 is 5.60 Å². The standard InChI is InChI=1S/C16H21N3O3S/c1-21-14-13(9-17-15(18-14)22-2)16(20)4-6-19(7-5-16)10-12-3-8-23-11-12/h3,8-9,11,20H,4-7,10H2,1-2H3. The van der Waals surface area contributed by atoms with E-state index in [0.717, 1.165) is 19.6 Å². The number of rotatable bonds is 5. The lowest BCUT2D eigenvalue weighted by atomic mass is 9.85. The van der Waals surface area contributed by atoms with Gasteiger partial charge in [-0.15, -0.1) is 0 Å². The van der Waals surface area contributed by atoms with E-state index in [1.54, 1.807) is 24.6 Å². The van der Waals surface area contributed by atoms with Crippen LogP contribution in [0.4, 0.5) is 0 Å². The maximum Gasteiger partial charge on any atom is 0.319 e. The van der Waals surface area contributed by atoms with Crippen LogP contribution < -0.4 is 9.47 Å². The predicted molar refractivity (Wildman–Crippen MR) is 87.9 cm³/mol. The van der Waals surface area contributed by atoms with Gasteiger partial charge >= 0.3 is 6.01 Å².